The normalized spacial score (nSPS) is 12.3. The second-order valence-corrected chi connectivity index (χ2v) is 5.50. The molecule has 19 heavy (non-hydrogen) atoms. The molecule has 0 unspecified atom stereocenters. The number of aromatic carboxylic acids is 1. The maximum atomic E-state index is 10.7. The summed E-state index contributed by atoms with van der Waals surface area (Å²) in [5.74, 6) is -0.00867. The lowest BCUT2D eigenvalue weighted by atomic mass is 9.96. The van der Waals surface area contributed by atoms with Crippen molar-refractivity contribution < 1.29 is 9.90 Å². The smallest absolute Gasteiger partial charge is 0.335 e. The van der Waals surface area contributed by atoms with E-state index in [0.717, 1.165) is 12.3 Å². The van der Waals surface area contributed by atoms with E-state index in [2.05, 4.69) is 13.8 Å². The van der Waals surface area contributed by atoms with Crippen LogP contribution in [0.2, 0.25) is 0 Å². The van der Waals surface area contributed by atoms with Crippen LogP contribution in [0.4, 0.5) is 0 Å². The molecule has 1 aromatic carbocycles. The molecule has 1 aromatic rings. The average Bonchev–Trinajstić information content (AvgIpc) is 2.41. The molecule has 0 fully saturated rings. The third-order valence-electron chi connectivity index (χ3n) is 3.66. The lowest BCUT2D eigenvalue weighted by Gasteiger charge is -2.10. The molecule has 0 aromatic heterocycles. The molecule has 1 N–H and O–H groups in total. The maximum Gasteiger partial charge on any atom is 0.335 e. The number of hydrogen-bond acceptors (Lipinski definition) is 1. The Morgan fingerprint density at radius 2 is 1.74 bits per heavy atom. The molecule has 0 aliphatic carbocycles. The Hall–Kier alpha value is -1.31. The highest BCUT2D eigenvalue weighted by Gasteiger charge is 2.03. The van der Waals surface area contributed by atoms with Gasteiger partial charge >= 0.3 is 5.97 Å². The largest absolute Gasteiger partial charge is 0.478 e. The number of carboxylic acids is 1. The Morgan fingerprint density at radius 1 is 1.11 bits per heavy atom. The van der Waals surface area contributed by atoms with Crippen molar-refractivity contribution in [2.24, 2.45) is 5.92 Å². The summed E-state index contributed by atoms with van der Waals surface area (Å²) in [4.78, 5) is 10.7. The van der Waals surface area contributed by atoms with Gasteiger partial charge in [-0.2, -0.15) is 0 Å². The van der Waals surface area contributed by atoms with Gasteiger partial charge in [0.2, 0.25) is 0 Å². The van der Waals surface area contributed by atoms with Crippen molar-refractivity contribution in [2.45, 2.75) is 58.8 Å². The number of rotatable bonds is 9. The summed E-state index contributed by atoms with van der Waals surface area (Å²) < 4.78 is 0. The minimum atomic E-state index is -0.851. The van der Waals surface area contributed by atoms with Crippen LogP contribution in [0.5, 0.6) is 0 Å². The van der Waals surface area contributed by atoms with Crippen LogP contribution in [0, 0.1) is 5.92 Å². The number of aryl methyl sites for hydroxylation is 1. The van der Waals surface area contributed by atoms with E-state index in [0.29, 0.717) is 5.56 Å². The van der Waals surface area contributed by atoms with Gasteiger partial charge in [-0.25, -0.2) is 4.79 Å². The van der Waals surface area contributed by atoms with E-state index in [1.165, 1.54) is 44.1 Å². The first-order valence-electron chi connectivity index (χ1n) is 7.45. The van der Waals surface area contributed by atoms with Crippen molar-refractivity contribution in [3.63, 3.8) is 0 Å². The predicted molar refractivity (Wildman–Crippen MR) is 79.6 cm³/mol. The molecule has 0 saturated carbocycles. The predicted octanol–water partition coefficient (Wildman–Crippen LogP) is 4.92. The first kappa shape index (κ1) is 15.7. The minimum Gasteiger partial charge on any atom is -0.478 e. The highest BCUT2D eigenvalue weighted by Crippen LogP contribution is 2.16. The van der Waals surface area contributed by atoms with E-state index in [4.69, 9.17) is 5.11 Å². The van der Waals surface area contributed by atoms with Crippen LogP contribution in [0.15, 0.2) is 24.3 Å². The second kappa shape index (κ2) is 8.73. The Bertz CT molecular complexity index is 367. The van der Waals surface area contributed by atoms with Crippen molar-refractivity contribution in [3.8, 4) is 0 Å². The summed E-state index contributed by atoms with van der Waals surface area (Å²) in [6, 6.07) is 7.26. The average molecular weight is 262 g/mol. The van der Waals surface area contributed by atoms with E-state index in [9.17, 15) is 4.79 Å². The summed E-state index contributed by atoms with van der Waals surface area (Å²) in [6.07, 6.45) is 8.82. The van der Waals surface area contributed by atoms with Crippen molar-refractivity contribution in [2.75, 3.05) is 0 Å². The summed E-state index contributed by atoms with van der Waals surface area (Å²) in [5.41, 5.74) is 1.61. The SMILES string of the molecule is CCCC[C@H](C)CCCCc1ccc(C(=O)O)cc1. The number of hydrogen-bond donors (Lipinski definition) is 1. The van der Waals surface area contributed by atoms with Crippen LogP contribution in [0.1, 0.15) is 68.3 Å². The van der Waals surface area contributed by atoms with Crippen molar-refractivity contribution in [1.82, 2.24) is 0 Å². The van der Waals surface area contributed by atoms with Crippen LogP contribution >= 0.6 is 0 Å². The van der Waals surface area contributed by atoms with Crippen LogP contribution < -0.4 is 0 Å². The molecule has 0 saturated heterocycles. The Balaban J connectivity index is 2.20. The molecular formula is C17H26O2. The van der Waals surface area contributed by atoms with E-state index in [1.54, 1.807) is 12.1 Å². The van der Waals surface area contributed by atoms with Gasteiger partial charge in [0, 0.05) is 0 Å². The van der Waals surface area contributed by atoms with Gasteiger partial charge in [-0.1, -0.05) is 58.1 Å². The Morgan fingerprint density at radius 3 is 2.32 bits per heavy atom. The molecule has 0 aliphatic rings. The lowest BCUT2D eigenvalue weighted by Crippen LogP contribution is -1.97. The van der Waals surface area contributed by atoms with Gasteiger partial charge in [-0.05, 0) is 36.5 Å². The quantitative estimate of drug-likeness (QED) is 0.641. The fourth-order valence-corrected chi connectivity index (χ4v) is 2.33. The first-order chi connectivity index (χ1) is 9.13. The fourth-order valence-electron chi connectivity index (χ4n) is 2.33. The van der Waals surface area contributed by atoms with Crippen LogP contribution in [-0.2, 0) is 6.42 Å². The summed E-state index contributed by atoms with van der Waals surface area (Å²) in [7, 11) is 0. The molecule has 0 heterocycles. The molecule has 2 nitrogen and oxygen atoms in total. The van der Waals surface area contributed by atoms with Crippen LogP contribution in [-0.4, -0.2) is 11.1 Å². The standard InChI is InChI=1S/C17H26O2/c1-3-4-7-14(2)8-5-6-9-15-10-12-16(13-11-15)17(18)19/h10-14H,3-9H2,1-2H3,(H,18,19)/t14-/m0/s1. The molecule has 0 bridgehead atoms. The Kier molecular flexibility index (Phi) is 7.24. The number of unbranched alkanes of at least 4 members (excludes halogenated alkanes) is 2. The zero-order valence-corrected chi connectivity index (χ0v) is 12.2. The molecule has 106 valence electrons. The van der Waals surface area contributed by atoms with Crippen molar-refractivity contribution in [1.29, 1.82) is 0 Å². The monoisotopic (exact) mass is 262 g/mol. The van der Waals surface area contributed by atoms with Crippen LogP contribution in [0.25, 0.3) is 0 Å². The zero-order chi connectivity index (χ0) is 14.1. The minimum absolute atomic E-state index is 0.372. The first-order valence-corrected chi connectivity index (χ1v) is 7.45. The van der Waals surface area contributed by atoms with Crippen molar-refractivity contribution >= 4 is 5.97 Å². The molecule has 0 spiro atoms. The topological polar surface area (TPSA) is 37.3 Å². The van der Waals surface area contributed by atoms with Gasteiger partial charge in [0.15, 0.2) is 0 Å². The number of carboxylic acid groups (broad SMARTS) is 1. The third kappa shape index (κ3) is 6.42. The second-order valence-electron chi connectivity index (χ2n) is 5.50. The molecule has 1 rings (SSSR count). The summed E-state index contributed by atoms with van der Waals surface area (Å²) >= 11 is 0. The van der Waals surface area contributed by atoms with Gasteiger partial charge in [0.25, 0.3) is 0 Å². The zero-order valence-electron chi connectivity index (χ0n) is 12.2. The molecule has 0 aliphatic heterocycles. The van der Waals surface area contributed by atoms with Gasteiger partial charge < -0.3 is 5.11 Å². The number of benzene rings is 1. The van der Waals surface area contributed by atoms with Crippen LogP contribution in [0.3, 0.4) is 0 Å². The molecular weight excluding hydrogens is 236 g/mol. The summed E-state index contributed by atoms with van der Waals surface area (Å²) in [6.45, 7) is 4.59. The molecule has 1 atom stereocenters. The fraction of sp³-hybridized carbons (Fsp3) is 0.588. The Labute approximate surface area is 116 Å². The number of carbonyl (C=O) groups is 1. The van der Waals surface area contributed by atoms with Gasteiger partial charge in [0.1, 0.15) is 0 Å². The highest BCUT2D eigenvalue weighted by atomic mass is 16.4. The van der Waals surface area contributed by atoms with E-state index in [1.807, 2.05) is 12.1 Å². The summed E-state index contributed by atoms with van der Waals surface area (Å²) in [5, 5.41) is 8.82. The van der Waals surface area contributed by atoms with Gasteiger partial charge in [0.05, 0.1) is 5.56 Å². The van der Waals surface area contributed by atoms with E-state index < -0.39 is 5.97 Å². The lowest BCUT2D eigenvalue weighted by molar-refractivity contribution is 0.0697. The van der Waals surface area contributed by atoms with Crippen molar-refractivity contribution in [3.05, 3.63) is 35.4 Å². The molecule has 0 radical (unpaired) electrons. The van der Waals surface area contributed by atoms with Gasteiger partial charge in [-0.15, -0.1) is 0 Å². The van der Waals surface area contributed by atoms with E-state index in [-0.39, 0.29) is 0 Å². The highest BCUT2D eigenvalue weighted by molar-refractivity contribution is 5.87. The van der Waals surface area contributed by atoms with E-state index >= 15 is 0 Å². The van der Waals surface area contributed by atoms with Gasteiger partial charge in [-0.3, -0.25) is 0 Å². The molecule has 2 heteroatoms. The third-order valence-corrected chi connectivity index (χ3v) is 3.66. The maximum absolute atomic E-state index is 10.7. The molecule has 0 amide bonds.